The summed E-state index contributed by atoms with van der Waals surface area (Å²) in [6, 6.07) is 0. The molecule has 2 saturated heterocycles. The van der Waals surface area contributed by atoms with Crippen LogP contribution in [0.1, 0.15) is 68.7 Å². The monoisotopic (exact) mass is 418 g/mol. The first-order valence-corrected chi connectivity index (χ1v) is 14.2. The predicted octanol–water partition coefficient (Wildman–Crippen LogP) is 4.62. The van der Waals surface area contributed by atoms with Gasteiger partial charge >= 0.3 is 23.1 Å². The second-order valence-corrected chi connectivity index (χ2v) is 17.9. The molecule has 3 atom stereocenters. The van der Waals surface area contributed by atoms with Crippen molar-refractivity contribution in [2.75, 3.05) is 6.61 Å². The molecule has 0 aromatic carbocycles. The number of hydrogen-bond acceptors (Lipinski definition) is 6. The molecule has 0 radical (unpaired) electrons. The van der Waals surface area contributed by atoms with E-state index in [0.29, 0.717) is 24.1 Å². The molecule has 2 fully saturated rings. The average Bonchev–Trinajstić information content (AvgIpc) is 2.86. The van der Waals surface area contributed by atoms with Crippen molar-refractivity contribution in [2.24, 2.45) is 0 Å². The van der Waals surface area contributed by atoms with E-state index in [2.05, 4.69) is 55.4 Å². The quantitative estimate of drug-likeness (QED) is 0.479. The molecule has 0 N–H and O–H groups in total. The number of fused-ring (bicyclic) bond motifs is 1. The minimum absolute atomic E-state index is 0.169. The minimum Gasteiger partial charge on any atom is -0.436 e. The van der Waals surface area contributed by atoms with E-state index in [1.165, 1.54) is 6.92 Å². The Morgan fingerprint density at radius 1 is 0.889 bits per heavy atom. The van der Waals surface area contributed by atoms with Crippen LogP contribution in [0.3, 0.4) is 0 Å². The second-order valence-electron chi connectivity index (χ2n) is 9.08. The number of esters is 1. The van der Waals surface area contributed by atoms with Crippen molar-refractivity contribution in [2.45, 2.75) is 109 Å². The van der Waals surface area contributed by atoms with Crippen LogP contribution in [0.15, 0.2) is 0 Å². The normalized spacial score (nSPS) is 30.5. The van der Waals surface area contributed by atoms with Gasteiger partial charge in [-0.2, -0.15) is 0 Å². The van der Waals surface area contributed by atoms with Gasteiger partial charge in [-0.1, -0.05) is 55.4 Å². The summed E-state index contributed by atoms with van der Waals surface area (Å²) < 4.78 is 31.9. The zero-order valence-electron chi connectivity index (χ0n) is 18.4. The van der Waals surface area contributed by atoms with Gasteiger partial charge in [0.15, 0.2) is 0 Å². The standard InChI is InChI=1S/C19H38O6Si2/c1-12(2)26(13(3)4)21-11-18-17(10-19(23-18)22-16(9)20)24-27(25-26,14(5)6)15(7)8/h12-15,17-19H,10-11H2,1-9H3. The Hall–Kier alpha value is -0.256. The Balaban J connectivity index is 2.44. The molecular weight excluding hydrogens is 380 g/mol. The number of carbonyl (C=O) groups excluding carboxylic acids is 1. The van der Waals surface area contributed by atoms with E-state index < -0.39 is 23.4 Å². The highest BCUT2D eigenvalue weighted by atomic mass is 28.5. The van der Waals surface area contributed by atoms with E-state index in [1.54, 1.807) is 0 Å². The van der Waals surface area contributed by atoms with Gasteiger partial charge in [0, 0.05) is 13.3 Å². The van der Waals surface area contributed by atoms with E-state index in [1.807, 2.05) is 0 Å². The fraction of sp³-hybridized carbons (Fsp3) is 0.947. The Kier molecular flexibility index (Phi) is 7.36. The fourth-order valence-electron chi connectivity index (χ4n) is 4.37. The van der Waals surface area contributed by atoms with E-state index in [4.69, 9.17) is 22.4 Å². The lowest BCUT2D eigenvalue weighted by atomic mass is 10.2. The topological polar surface area (TPSA) is 63.2 Å². The van der Waals surface area contributed by atoms with Gasteiger partial charge in [-0.3, -0.25) is 4.79 Å². The third-order valence-corrected chi connectivity index (χ3v) is 16.1. The number of carbonyl (C=O) groups is 1. The number of rotatable bonds is 5. The molecule has 2 aliphatic rings. The molecule has 0 aromatic heterocycles. The molecule has 27 heavy (non-hydrogen) atoms. The zero-order valence-corrected chi connectivity index (χ0v) is 20.4. The van der Waals surface area contributed by atoms with Crippen molar-refractivity contribution in [1.82, 2.24) is 0 Å². The molecular formula is C19H38O6Si2. The molecule has 0 bridgehead atoms. The summed E-state index contributed by atoms with van der Waals surface area (Å²) in [6.45, 7) is 19.4. The molecule has 158 valence electrons. The number of hydrogen-bond donors (Lipinski definition) is 0. The van der Waals surface area contributed by atoms with E-state index in [0.717, 1.165) is 0 Å². The third-order valence-electron chi connectivity index (χ3n) is 5.81. The van der Waals surface area contributed by atoms with Gasteiger partial charge < -0.3 is 22.4 Å². The lowest BCUT2D eigenvalue weighted by Crippen LogP contribution is -2.65. The minimum atomic E-state index is -2.62. The van der Waals surface area contributed by atoms with Crippen LogP contribution in [0.2, 0.25) is 22.2 Å². The summed E-state index contributed by atoms with van der Waals surface area (Å²) in [4.78, 5) is 11.4. The molecule has 2 heterocycles. The van der Waals surface area contributed by atoms with Crippen molar-refractivity contribution < 1.29 is 27.2 Å². The maximum atomic E-state index is 11.4. The highest BCUT2D eigenvalue weighted by Gasteiger charge is 2.60. The molecule has 0 amide bonds. The third kappa shape index (κ3) is 4.51. The molecule has 8 heteroatoms. The first-order valence-electron chi connectivity index (χ1n) is 10.3. The summed E-state index contributed by atoms with van der Waals surface area (Å²) in [5.41, 5.74) is 1.15. The van der Waals surface area contributed by atoms with Gasteiger partial charge in [0.2, 0.25) is 6.29 Å². The predicted molar refractivity (Wildman–Crippen MR) is 109 cm³/mol. The summed E-state index contributed by atoms with van der Waals surface area (Å²) in [7, 11) is -5.17. The molecule has 3 unspecified atom stereocenters. The van der Waals surface area contributed by atoms with Crippen LogP contribution >= 0.6 is 0 Å². The largest absolute Gasteiger partial charge is 0.436 e. The van der Waals surface area contributed by atoms with Gasteiger partial charge in [0.05, 0.1) is 12.7 Å². The van der Waals surface area contributed by atoms with Crippen LogP contribution in [0.25, 0.3) is 0 Å². The molecule has 2 aliphatic heterocycles. The van der Waals surface area contributed by atoms with Crippen LogP contribution in [-0.2, 0) is 27.2 Å². The average molecular weight is 419 g/mol. The lowest BCUT2D eigenvalue weighted by Gasteiger charge is -2.51. The molecule has 0 aromatic rings. The highest BCUT2D eigenvalue weighted by Crippen LogP contribution is 2.47. The van der Waals surface area contributed by atoms with E-state index in [-0.39, 0.29) is 29.3 Å². The Morgan fingerprint density at radius 2 is 1.41 bits per heavy atom. The van der Waals surface area contributed by atoms with Crippen LogP contribution in [0.4, 0.5) is 0 Å². The van der Waals surface area contributed by atoms with E-state index >= 15 is 0 Å². The second kappa shape index (κ2) is 8.63. The van der Waals surface area contributed by atoms with Crippen molar-refractivity contribution >= 4 is 23.1 Å². The van der Waals surface area contributed by atoms with Gasteiger partial charge in [-0.25, -0.2) is 0 Å². The van der Waals surface area contributed by atoms with Crippen molar-refractivity contribution in [3.63, 3.8) is 0 Å². The smallest absolute Gasteiger partial charge is 0.335 e. The lowest BCUT2D eigenvalue weighted by molar-refractivity contribution is -0.175. The van der Waals surface area contributed by atoms with Crippen LogP contribution < -0.4 is 0 Å². The van der Waals surface area contributed by atoms with Crippen molar-refractivity contribution in [3.8, 4) is 0 Å². The Labute approximate surface area is 166 Å². The zero-order chi connectivity index (χ0) is 20.6. The highest BCUT2D eigenvalue weighted by molar-refractivity contribution is 6.83. The maximum Gasteiger partial charge on any atom is 0.335 e. The van der Waals surface area contributed by atoms with Crippen LogP contribution in [-0.4, -0.2) is 48.2 Å². The van der Waals surface area contributed by atoms with E-state index in [9.17, 15) is 4.79 Å². The summed E-state index contributed by atoms with van der Waals surface area (Å²) >= 11 is 0. The van der Waals surface area contributed by atoms with Crippen molar-refractivity contribution in [3.05, 3.63) is 0 Å². The summed E-state index contributed by atoms with van der Waals surface area (Å²) in [5, 5.41) is 0. The maximum absolute atomic E-state index is 11.4. The van der Waals surface area contributed by atoms with Crippen molar-refractivity contribution in [1.29, 1.82) is 0 Å². The Morgan fingerprint density at radius 3 is 1.85 bits per heavy atom. The van der Waals surface area contributed by atoms with Gasteiger partial charge in [0.25, 0.3) is 0 Å². The Bertz CT molecular complexity index is 506. The SMILES string of the molecule is CC(=O)OC1CC2O[Si](C(C)C)(C(C)C)O[Si](C(C)C)(C(C)C)OCC2O1. The molecule has 0 spiro atoms. The molecule has 6 nitrogen and oxygen atoms in total. The van der Waals surface area contributed by atoms with Gasteiger partial charge in [0.1, 0.15) is 6.10 Å². The first kappa shape index (κ1) is 23.0. The summed E-state index contributed by atoms with van der Waals surface area (Å²) in [5.74, 6) is -0.337. The first-order chi connectivity index (χ1) is 12.4. The van der Waals surface area contributed by atoms with Gasteiger partial charge in [-0.05, 0) is 22.2 Å². The van der Waals surface area contributed by atoms with Crippen LogP contribution in [0, 0.1) is 0 Å². The summed E-state index contributed by atoms with van der Waals surface area (Å²) in [6.07, 6.45) is -0.438. The van der Waals surface area contributed by atoms with Gasteiger partial charge in [-0.15, -0.1) is 0 Å². The molecule has 2 rings (SSSR count). The fourth-order valence-corrected chi connectivity index (χ4v) is 15.6. The molecule has 0 aliphatic carbocycles. The number of ether oxygens (including phenoxy) is 2. The molecule has 0 saturated carbocycles. The van der Waals surface area contributed by atoms with Crippen LogP contribution in [0.5, 0.6) is 0 Å².